The summed E-state index contributed by atoms with van der Waals surface area (Å²) in [5, 5.41) is 1.11. The number of carbonyl (C=O) groups is 1. The maximum Gasteiger partial charge on any atom is 0.261 e. The van der Waals surface area contributed by atoms with Crippen LogP contribution in [0.3, 0.4) is 0 Å². The standard InChI is InChI=1S/C22H19ClN2O3S2/c1-3-29-18-9-5-4-8-15(18)21(26)25(13-14-7-6-12-28-14)22-24-19-17(27-2)11-10-16(23)20(19)30-22/h4-12H,3,13H2,1-2H3. The largest absolute Gasteiger partial charge is 0.494 e. The van der Waals surface area contributed by atoms with Gasteiger partial charge in [0.15, 0.2) is 5.13 Å². The molecule has 0 aliphatic rings. The molecule has 0 bridgehead atoms. The fraction of sp³-hybridized carbons (Fsp3) is 0.182. The summed E-state index contributed by atoms with van der Waals surface area (Å²) in [5.41, 5.74) is 1.27. The zero-order chi connectivity index (χ0) is 21.1. The van der Waals surface area contributed by atoms with Crippen molar-refractivity contribution in [1.82, 2.24) is 4.98 Å². The zero-order valence-electron chi connectivity index (χ0n) is 16.4. The summed E-state index contributed by atoms with van der Waals surface area (Å²) >= 11 is 9.39. The Bertz CT molecular complexity index is 1170. The van der Waals surface area contributed by atoms with E-state index in [1.54, 1.807) is 48.2 Å². The number of nitrogens with zero attached hydrogens (tertiary/aromatic N) is 2. The van der Waals surface area contributed by atoms with Crippen molar-refractivity contribution in [1.29, 1.82) is 0 Å². The minimum Gasteiger partial charge on any atom is -0.494 e. The van der Waals surface area contributed by atoms with Crippen molar-refractivity contribution in [3.63, 3.8) is 0 Å². The smallest absolute Gasteiger partial charge is 0.261 e. The number of carbonyl (C=O) groups excluding carboxylic acids is 1. The maximum absolute atomic E-state index is 13.7. The van der Waals surface area contributed by atoms with Crippen molar-refractivity contribution in [2.45, 2.75) is 18.4 Å². The molecule has 4 aromatic rings. The predicted molar refractivity (Wildman–Crippen MR) is 123 cm³/mol. The minimum atomic E-state index is -0.142. The highest BCUT2D eigenvalue weighted by Gasteiger charge is 2.26. The van der Waals surface area contributed by atoms with Gasteiger partial charge >= 0.3 is 0 Å². The number of halogens is 1. The Morgan fingerprint density at radius 1 is 1.23 bits per heavy atom. The molecule has 2 aromatic heterocycles. The van der Waals surface area contributed by atoms with Gasteiger partial charge in [-0.15, -0.1) is 11.8 Å². The molecule has 2 aromatic carbocycles. The number of anilines is 1. The first-order valence-electron chi connectivity index (χ1n) is 9.31. The summed E-state index contributed by atoms with van der Waals surface area (Å²) in [6.07, 6.45) is 1.59. The molecule has 0 spiro atoms. The molecule has 0 radical (unpaired) electrons. The quantitative estimate of drug-likeness (QED) is 0.295. The van der Waals surface area contributed by atoms with Gasteiger partial charge in [-0.3, -0.25) is 9.69 Å². The first-order chi connectivity index (χ1) is 14.6. The number of rotatable bonds is 7. The molecular weight excluding hydrogens is 440 g/mol. The van der Waals surface area contributed by atoms with Gasteiger partial charge in [-0.25, -0.2) is 4.98 Å². The summed E-state index contributed by atoms with van der Waals surface area (Å²) in [5.74, 6) is 2.01. The minimum absolute atomic E-state index is 0.142. The van der Waals surface area contributed by atoms with Crippen LogP contribution in [0.2, 0.25) is 5.02 Å². The van der Waals surface area contributed by atoms with Crippen LogP contribution in [0, 0.1) is 0 Å². The molecule has 0 atom stereocenters. The Hall–Kier alpha value is -2.48. The van der Waals surface area contributed by atoms with Crippen molar-refractivity contribution >= 4 is 56.0 Å². The van der Waals surface area contributed by atoms with Crippen LogP contribution < -0.4 is 9.64 Å². The van der Waals surface area contributed by atoms with E-state index < -0.39 is 0 Å². The lowest BCUT2D eigenvalue weighted by molar-refractivity contribution is 0.0980. The zero-order valence-corrected chi connectivity index (χ0v) is 18.8. The molecule has 0 aliphatic heterocycles. The number of thiazole rings is 1. The second-order valence-electron chi connectivity index (χ2n) is 6.32. The average molecular weight is 459 g/mol. The molecule has 8 heteroatoms. The number of amides is 1. The molecule has 0 saturated carbocycles. The van der Waals surface area contributed by atoms with E-state index in [4.69, 9.17) is 25.7 Å². The number of aromatic nitrogens is 1. The lowest BCUT2D eigenvalue weighted by Crippen LogP contribution is -2.30. The van der Waals surface area contributed by atoms with Crippen LogP contribution in [0.25, 0.3) is 10.2 Å². The molecule has 0 aliphatic carbocycles. The SMILES string of the molecule is CCSc1ccccc1C(=O)N(Cc1ccco1)c1nc2c(OC)ccc(Cl)c2s1. The van der Waals surface area contributed by atoms with Crippen molar-refractivity contribution in [2.75, 3.05) is 17.8 Å². The van der Waals surface area contributed by atoms with Crippen LogP contribution in [-0.2, 0) is 6.54 Å². The Labute approximate surface area is 187 Å². The van der Waals surface area contributed by atoms with Gasteiger partial charge in [-0.1, -0.05) is 42.0 Å². The number of ether oxygens (including phenoxy) is 1. The van der Waals surface area contributed by atoms with Crippen molar-refractivity contribution in [3.05, 3.63) is 71.1 Å². The van der Waals surface area contributed by atoms with E-state index >= 15 is 0 Å². The highest BCUT2D eigenvalue weighted by atomic mass is 35.5. The average Bonchev–Trinajstić information content (AvgIpc) is 3.43. The third-order valence-corrected chi connectivity index (χ3v) is 6.95. The van der Waals surface area contributed by atoms with Crippen LogP contribution >= 0.6 is 34.7 Å². The first kappa shape index (κ1) is 20.8. The lowest BCUT2D eigenvalue weighted by atomic mass is 10.2. The van der Waals surface area contributed by atoms with E-state index in [0.29, 0.717) is 32.7 Å². The molecule has 154 valence electrons. The Kier molecular flexibility index (Phi) is 6.32. The maximum atomic E-state index is 13.7. The van der Waals surface area contributed by atoms with Crippen molar-refractivity contribution in [3.8, 4) is 5.75 Å². The van der Waals surface area contributed by atoms with E-state index in [1.807, 2.05) is 30.3 Å². The number of benzene rings is 2. The van der Waals surface area contributed by atoms with Crippen molar-refractivity contribution < 1.29 is 13.9 Å². The van der Waals surface area contributed by atoms with Gasteiger partial charge in [0.1, 0.15) is 17.0 Å². The Morgan fingerprint density at radius 3 is 2.80 bits per heavy atom. The molecule has 1 amide bonds. The topological polar surface area (TPSA) is 55.6 Å². The second-order valence-corrected chi connectivity index (χ2v) is 9.01. The third kappa shape index (κ3) is 4.05. The summed E-state index contributed by atoms with van der Waals surface area (Å²) in [6, 6.07) is 14.8. The highest BCUT2D eigenvalue weighted by molar-refractivity contribution is 7.99. The van der Waals surface area contributed by atoms with Gasteiger partial charge in [0, 0.05) is 4.90 Å². The monoisotopic (exact) mass is 458 g/mol. The van der Waals surface area contributed by atoms with Gasteiger partial charge in [0.25, 0.3) is 5.91 Å². The van der Waals surface area contributed by atoms with Crippen LogP contribution in [0.4, 0.5) is 5.13 Å². The third-order valence-electron chi connectivity index (χ3n) is 4.45. The van der Waals surface area contributed by atoms with Gasteiger partial charge in [0.05, 0.1) is 35.2 Å². The Balaban J connectivity index is 1.82. The molecule has 5 nitrogen and oxygen atoms in total. The van der Waals surface area contributed by atoms with Crippen LogP contribution in [0.1, 0.15) is 23.0 Å². The normalized spacial score (nSPS) is 11.0. The number of fused-ring (bicyclic) bond motifs is 1. The van der Waals surface area contributed by atoms with Gasteiger partial charge in [0.2, 0.25) is 0 Å². The highest BCUT2D eigenvalue weighted by Crippen LogP contribution is 2.39. The molecule has 4 rings (SSSR count). The molecule has 0 fully saturated rings. The molecule has 30 heavy (non-hydrogen) atoms. The number of methoxy groups -OCH3 is 1. The summed E-state index contributed by atoms with van der Waals surface area (Å²) in [6.45, 7) is 2.32. The fourth-order valence-corrected chi connectivity index (χ4v) is 5.13. The van der Waals surface area contributed by atoms with Crippen molar-refractivity contribution in [2.24, 2.45) is 0 Å². The lowest BCUT2D eigenvalue weighted by Gasteiger charge is -2.20. The van der Waals surface area contributed by atoms with Crippen LogP contribution in [-0.4, -0.2) is 23.8 Å². The molecule has 0 saturated heterocycles. The van der Waals surface area contributed by atoms with Gasteiger partial charge in [-0.2, -0.15) is 0 Å². The van der Waals surface area contributed by atoms with Gasteiger partial charge < -0.3 is 9.15 Å². The van der Waals surface area contributed by atoms with Crippen LogP contribution in [0.15, 0.2) is 64.1 Å². The van der Waals surface area contributed by atoms with E-state index in [9.17, 15) is 4.79 Å². The summed E-state index contributed by atoms with van der Waals surface area (Å²) in [7, 11) is 1.59. The fourth-order valence-electron chi connectivity index (χ4n) is 3.08. The van der Waals surface area contributed by atoms with E-state index in [2.05, 4.69) is 6.92 Å². The number of hydrogen-bond acceptors (Lipinski definition) is 6. The Morgan fingerprint density at radius 2 is 2.07 bits per heavy atom. The number of furan rings is 1. The number of thioether (sulfide) groups is 1. The summed E-state index contributed by atoms with van der Waals surface area (Å²) < 4.78 is 11.7. The molecule has 2 heterocycles. The molecule has 0 unspecified atom stereocenters. The van der Waals surface area contributed by atoms with E-state index in [0.717, 1.165) is 15.3 Å². The van der Waals surface area contributed by atoms with E-state index in [1.165, 1.54) is 11.3 Å². The summed E-state index contributed by atoms with van der Waals surface area (Å²) in [4.78, 5) is 20.9. The predicted octanol–water partition coefficient (Wildman–Crippen LogP) is 6.51. The van der Waals surface area contributed by atoms with Crippen LogP contribution in [0.5, 0.6) is 5.75 Å². The van der Waals surface area contributed by atoms with E-state index in [-0.39, 0.29) is 12.5 Å². The number of hydrogen-bond donors (Lipinski definition) is 0. The molecule has 0 N–H and O–H groups in total. The first-order valence-corrected chi connectivity index (χ1v) is 11.5. The van der Waals surface area contributed by atoms with Gasteiger partial charge in [-0.05, 0) is 42.2 Å². The molecular formula is C22H19ClN2O3S2. The second kappa shape index (κ2) is 9.12.